The summed E-state index contributed by atoms with van der Waals surface area (Å²) in [5.74, 6) is 1.51. The summed E-state index contributed by atoms with van der Waals surface area (Å²) in [6.45, 7) is 3.77. The van der Waals surface area contributed by atoms with Crippen LogP contribution in [0.5, 0.6) is 5.75 Å². The number of hydrogen-bond acceptors (Lipinski definition) is 4. The summed E-state index contributed by atoms with van der Waals surface area (Å²) >= 11 is 3.47. The minimum atomic E-state index is 0.747. The fraction of sp³-hybridized carbons (Fsp3) is 0.231. The Bertz CT molecular complexity index is 741. The molecule has 98 valence electrons. The van der Waals surface area contributed by atoms with Gasteiger partial charge < -0.3 is 9.26 Å². The van der Waals surface area contributed by atoms with Gasteiger partial charge >= 0.3 is 0 Å². The first kappa shape index (κ1) is 12.2. The van der Waals surface area contributed by atoms with Gasteiger partial charge in [0.2, 0.25) is 0 Å². The number of ether oxygens (including phenoxy) is 1. The fourth-order valence-corrected chi connectivity index (χ4v) is 2.62. The smallest absolute Gasteiger partial charge is 0.159 e. The molecule has 0 unspecified atom stereocenters. The lowest BCUT2D eigenvalue weighted by atomic mass is 10.2. The third-order valence-corrected chi connectivity index (χ3v) is 3.62. The van der Waals surface area contributed by atoms with E-state index in [0.29, 0.717) is 0 Å². The number of hydrogen-bond donors (Lipinski definition) is 0. The highest BCUT2D eigenvalue weighted by Crippen LogP contribution is 2.30. The van der Waals surface area contributed by atoms with E-state index in [1.165, 1.54) is 0 Å². The summed E-state index contributed by atoms with van der Waals surface area (Å²) < 4.78 is 13.1. The minimum absolute atomic E-state index is 0.747. The molecule has 0 aliphatic rings. The maximum absolute atomic E-state index is 5.27. The molecule has 2 aromatic heterocycles. The first-order chi connectivity index (χ1) is 9.10. The second-order valence-electron chi connectivity index (χ2n) is 4.29. The highest BCUT2D eigenvalue weighted by Gasteiger charge is 2.14. The van der Waals surface area contributed by atoms with Gasteiger partial charge in [0.15, 0.2) is 5.76 Å². The van der Waals surface area contributed by atoms with Crippen molar-refractivity contribution in [1.29, 1.82) is 0 Å². The molecular formula is C13H12BrN3O2. The molecule has 0 atom stereocenters. The van der Waals surface area contributed by atoms with Crippen molar-refractivity contribution in [3.63, 3.8) is 0 Å². The van der Waals surface area contributed by atoms with Crippen LogP contribution in [0.25, 0.3) is 16.6 Å². The van der Waals surface area contributed by atoms with Crippen molar-refractivity contribution >= 4 is 26.8 Å². The normalized spacial score (nSPS) is 11.2. The van der Waals surface area contributed by atoms with Crippen LogP contribution in [-0.2, 0) is 0 Å². The van der Waals surface area contributed by atoms with Crippen LogP contribution in [-0.4, -0.2) is 22.0 Å². The summed E-state index contributed by atoms with van der Waals surface area (Å²) in [5.41, 5.74) is 2.56. The zero-order valence-electron chi connectivity index (χ0n) is 10.8. The van der Waals surface area contributed by atoms with Crippen LogP contribution >= 0.6 is 15.9 Å². The lowest BCUT2D eigenvalue weighted by Gasteiger charge is -2.01. The number of halogens is 1. The Labute approximate surface area is 118 Å². The fourth-order valence-electron chi connectivity index (χ4n) is 2.10. The Morgan fingerprint density at radius 1 is 1.32 bits per heavy atom. The molecule has 0 bridgehead atoms. The summed E-state index contributed by atoms with van der Waals surface area (Å²) in [6.07, 6.45) is 1.95. The number of aromatic nitrogens is 3. The quantitative estimate of drug-likeness (QED) is 0.726. The number of methoxy groups -OCH3 is 1. The Kier molecular flexibility index (Phi) is 2.82. The molecule has 0 radical (unpaired) electrons. The second kappa shape index (κ2) is 4.38. The number of fused-ring (bicyclic) bond motifs is 1. The van der Waals surface area contributed by atoms with Gasteiger partial charge in [-0.2, -0.15) is 5.10 Å². The third kappa shape index (κ3) is 1.92. The number of nitrogens with zero attached hydrogens (tertiary/aromatic N) is 3. The molecule has 2 heterocycles. The number of benzene rings is 1. The zero-order chi connectivity index (χ0) is 13.6. The van der Waals surface area contributed by atoms with E-state index in [1.807, 2.05) is 32.2 Å². The van der Waals surface area contributed by atoms with Crippen molar-refractivity contribution in [1.82, 2.24) is 14.9 Å². The Hall–Kier alpha value is -1.82. The largest absolute Gasteiger partial charge is 0.495 e. The lowest BCUT2D eigenvalue weighted by molar-refractivity contribution is 0.392. The van der Waals surface area contributed by atoms with Crippen molar-refractivity contribution < 1.29 is 9.26 Å². The van der Waals surface area contributed by atoms with E-state index < -0.39 is 0 Å². The highest BCUT2D eigenvalue weighted by atomic mass is 79.9. The van der Waals surface area contributed by atoms with Crippen molar-refractivity contribution in [2.24, 2.45) is 0 Å². The molecule has 3 rings (SSSR count). The molecule has 0 saturated carbocycles. The predicted octanol–water partition coefficient (Wildman–Crippen LogP) is 3.40. The van der Waals surface area contributed by atoms with Gasteiger partial charge in [0.05, 0.1) is 17.1 Å². The Balaban J connectivity index is 2.22. The van der Waals surface area contributed by atoms with Crippen LogP contribution in [0.1, 0.15) is 11.5 Å². The molecule has 6 heteroatoms. The van der Waals surface area contributed by atoms with E-state index in [0.717, 1.165) is 38.3 Å². The average molecular weight is 322 g/mol. The molecule has 0 aliphatic heterocycles. The first-order valence-corrected chi connectivity index (χ1v) is 6.55. The summed E-state index contributed by atoms with van der Waals surface area (Å²) in [5, 5.41) is 9.51. The van der Waals surface area contributed by atoms with Crippen molar-refractivity contribution in [3.05, 3.63) is 34.3 Å². The molecule has 5 nitrogen and oxygen atoms in total. The maximum Gasteiger partial charge on any atom is 0.159 e. The van der Waals surface area contributed by atoms with Gasteiger partial charge in [0.25, 0.3) is 0 Å². The van der Waals surface area contributed by atoms with Gasteiger partial charge in [-0.25, -0.2) is 4.68 Å². The van der Waals surface area contributed by atoms with Gasteiger partial charge in [0.1, 0.15) is 17.1 Å². The van der Waals surface area contributed by atoms with E-state index in [-0.39, 0.29) is 0 Å². The SMILES string of the molecule is COc1cc2nn(-c3c(C)noc3C)cc2cc1Br. The average Bonchev–Trinajstić information content (AvgIpc) is 2.91. The molecular weight excluding hydrogens is 310 g/mol. The van der Waals surface area contributed by atoms with Crippen LogP contribution in [0.4, 0.5) is 0 Å². The maximum atomic E-state index is 5.27. The zero-order valence-corrected chi connectivity index (χ0v) is 12.4. The Morgan fingerprint density at radius 3 is 2.74 bits per heavy atom. The van der Waals surface area contributed by atoms with Crippen LogP contribution in [0.15, 0.2) is 27.3 Å². The highest BCUT2D eigenvalue weighted by molar-refractivity contribution is 9.10. The monoisotopic (exact) mass is 321 g/mol. The van der Waals surface area contributed by atoms with E-state index in [4.69, 9.17) is 9.26 Å². The second-order valence-corrected chi connectivity index (χ2v) is 5.15. The van der Waals surface area contributed by atoms with E-state index in [9.17, 15) is 0 Å². The van der Waals surface area contributed by atoms with E-state index in [2.05, 4.69) is 26.2 Å². The van der Waals surface area contributed by atoms with Gasteiger partial charge in [-0.05, 0) is 35.8 Å². The van der Waals surface area contributed by atoms with Crippen LogP contribution in [0.2, 0.25) is 0 Å². The molecule has 1 aromatic carbocycles. The summed E-state index contributed by atoms with van der Waals surface area (Å²) in [7, 11) is 1.64. The van der Waals surface area contributed by atoms with Gasteiger partial charge in [-0.3, -0.25) is 0 Å². The Morgan fingerprint density at radius 2 is 2.11 bits per heavy atom. The predicted molar refractivity (Wildman–Crippen MR) is 74.9 cm³/mol. The van der Waals surface area contributed by atoms with Crippen molar-refractivity contribution in [2.75, 3.05) is 7.11 Å². The first-order valence-electron chi connectivity index (χ1n) is 5.76. The van der Waals surface area contributed by atoms with E-state index in [1.54, 1.807) is 11.8 Å². The molecule has 0 saturated heterocycles. The van der Waals surface area contributed by atoms with Crippen molar-refractivity contribution in [2.45, 2.75) is 13.8 Å². The van der Waals surface area contributed by atoms with E-state index >= 15 is 0 Å². The standard InChI is InChI=1S/C13H12BrN3O2/c1-7-13(8(2)19-16-7)17-6-9-4-10(14)12(18-3)5-11(9)15-17/h4-6H,1-3H3. The lowest BCUT2D eigenvalue weighted by Crippen LogP contribution is -1.96. The molecule has 0 spiro atoms. The molecule has 0 aliphatic carbocycles. The number of rotatable bonds is 2. The molecule has 19 heavy (non-hydrogen) atoms. The van der Waals surface area contributed by atoms with Crippen LogP contribution in [0.3, 0.4) is 0 Å². The van der Waals surface area contributed by atoms with Crippen LogP contribution in [0, 0.1) is 13.8 Å². The van der Waals surface area contributed by atoms with Gasteiger partial charge in [0, 0.05) is 17.6 Å². The third-order valence-electron chi connectivity index (χ3n) is 3.00. The molecule has 0 N–H and O–H groups in total. The number of aryl methyl sites for hydroxylation is 2. The van der Waals surface area contributed by atoms with Gasteiger partial charge in [-0.1, -0.05) is 5.16 Å². The summed E-state index contributed by atoms with van der Waals surface area (Å²) in [6, 6.07) is 3.88. The topological polar surface area (TPSA) is 53.1 Å². The van der Waals surface area contributed by atoms with Gasteiger partial charge in [-0.15, -0.1) is 0 Å². The molecule has 0 amide bonds. The summed E-state index contributed by atoms with van der Waals surface area (Å²) in [4.78, 5) is 0. The van der Waals surface area contributed by atoms with Crippen molar-refractivity contribution in [3.8, 4) is 11.4 Å². The van der Waals surface area contributed by atoms with Crippen LogP contribution < -0.4 is 4.74 Å². The molecule has 3 aromatic rings. The molecule has 0 fully saturated rings. The minimum Gasteiger partial charge on any atom is -0.495 e.